The molecule has 2 saturated heterocycles. The SMILES string of the molecule is B[C@@H]1[C@@H](C)C(=O)[C@@H](Cc2cn[nH]c2)C(O)O[C@H](CC)[C@@]2(C)OC(=O)N(CCCCn3cc(-c4cccc(N)c4)nn3)[C@@H]2[C@@H](C)NC[C@H](C)C[C@@]1(C)OC. The lowest BCUT2D eigenvalue weighted by atomic mass is 9.62. The van der Waals surface area contributed by atoms with Gasteiger partial charge in [-0.15, -0.1) is 5.10 Å². The molecule has 0 saturated carbocycles. The van der Waals surface area contributed by atoms with Crippen LogP contribution < -0.4 is 11.1 Å². The number of hydrogen-bond donors (Lipinski definition) is 4. The topological polar surface area (TPSA) is 183 Å². The summed E-state index contributed by atoms with van der Waals surface area (Å²) in [4.78, 5) is 30.0. The number of Topliss-reactive ketones (excluding diaryl/α,β-unsaturated/α-hetero) is 1. The fraction of sp³-hybridized carbons (Fsp3) is 0.658. The molecule has 10 atom stereocenters. The third kappa shape index (κ3) is 8.96. The summed E-state index contributed by atoms with van der Waals surface area (Å²) in [7, 11) is 3.75. The molecule has 2 aliphatic rings. The van der Waals surface area contributed by atoms with Crippen LogP contribution in [0.5, 0.6) is 0 Å². The number of aromatic nitrogens is 5. The zero-order valence-electron chi connectivity index (χ0n) is 32.6. The maximum Gasteiger partial charge on any atom is 0.410 e. The molecule has 0 bridgehead atoms. The zero-order valence-corrected chi connectivity index (χ0v) is 32.6. The third-order valence-corrected chi connectivity index (χ3v) is 11.9. The first kappa shape index (κ1) is 40.4. The molecule has 3 aromatic rings. The number of amides is 1. The number of H-pyrrole nitrogens is 1. The van der Waals surface area contributed by atoms with Gasteiger partial charge in [0, 0.05) is 49.6 Å². The van der Waals surface area contributed by atoms with Crippen LogP contribution in [0.1, 0.15) is 72.8 Å². The predicted octanol–water partition coefficient (Wildman–Crippen LogP) is 3.63. The monoisotopic (exact) mass is 734 g/mol. The van der Waals surface area contributed by atoms with E-state index in [4.69, 9.17) is 19.9 Å². The highest BCUT2D eigenvalue weighted by atomic mass is 16.6. The number of rotatable bonds is 10. The first-order chi connectivity index (χ1) is 25.2. The quantitative estimate of drug-likeness (QED) is 0.136. The number of ketones is 1. The van der Waals surface area contributed by atoms with E-state index in [0.717, 1.165) is 23.2 Å². The van der Waals surface area contributed by atoms with E-state index in [1.165, 1.54) is 0 Å². The third-order valence-electron chi connectivity index (χ3n) is 11.9. The molecule has 290 valence electrons. The number of ether oxygens (including phenoxy) is 3. The maximum atomic E-state index is 14.4. The summed E-state index contributed by atoms with van der Waals surface area (Å²) < 4.78 is 20.7. The number of nitrogen functional groups attached to an aromatic ring is 1. The average Bonchev–Trinajstić information content (AvgIpc) is 3.89. The number of carbonyl (C=O) groups is 2. The molecule has 0 radical (unpaired) electrons. The molecule has 1 aromatic carbocycles. The average molecular weight is 735 g/mol. The van der Waals surface area contributed by atoms with Crippen molar-refractivity contribution in [3.05, 3.63) is 48.4 Å². The van der Waals surface area contributed by atoms with Crippen LogP contribution in [0, 0.1) is 17.8 Å². The summed E-state index contributed by atoms with van der Waals surface area (Å²) in [6, 6.07) is 6.92. The Morgan fingerprint density at radius 2 is 1.92 bits per heavy atom. The molecule has 5 rings (SSSR count). The fourth-order valence-corrected chi connectivity index (χ4v) is 8.49. The molecule has 1 amide bonds. The number of carbonyl (C=O) groups excluding carboxylic acids is 2. The van der Waals surface area contributed by atoms with Crippen LogP contribution in [0.15, 0.2) is 42.9 Å². The van der Waals surface area contributed by atoms with Gasteiger partial charge in [-0.05, 0) is 88.9 Å². The van der Waals surface area contributed by atoms with Gasteiger partial charge in [0.15, 0.2) is 11.9 Å². The van der Waals surface area contributed by atoms with Crippen LogP contribution in [0.3, 0.4) is 0 Å². The Balaban J connectivity index is 1.39. The van der Waals surface area contributed by atoms with Gasteiger partial charge in [-0.2, -0.15) is 5.10 Å². The number of unbranched alkanes of at least 4 members (excludes halogenated alkanes) is 1. The van der Waals surface area contributed by atoms with Crippen molar-refractivity contribution < 1.29 is 28.9 Å². The van der Waals surface area contributed by atoms with Crippen LogP contribution in [0.25, 0.3) is 11.3 Å². The number of nitrogens with one attached hydrogen (secondary N) is 2. The van der Waals surface area contributed by atoms with Crippen LogP contribution in [-0.4, -0.2) is 111 Å². The van der Waals surface area contributed by atoms with Crippen molar-refractivity contribution in [3.8, 4) is 11.3 Å². The van der Waals surface area contributed by atoms with E-state index in [1.807, 2.05) is 59.1 Å². The van der Waals surface area contributed by atoms with Crippen molar-refractivity contribution >= 4 is 25.4 Å². The van der Waals surface area contributed by atoms with Crippen molar-refractivity contribution in [2.75, 3.05) is 25.9 Å². The van der Waals surface area contributed by atoms with Gasteiger partial charge in [0.25, 0.3) is 0 Å². The molecule has 1 unspecified atom stereocenters. The van der Waals surface area contributed by atoms with E-state index in [9.17, 15) is 14.7 Å². The Hall–Kier alpha value is -3.79. The van der Waals surface area contributed by atoms with Crippen molar-refractivity contribution in [2.24, 2.45) is 17.8 Å². The highest BCUT2D eigenvalue weighted by Gasteiger charge is 2.58. The fourth-order valence-electron chi connectivity index (χ4n) is 8.49. The number of aliphatic hydroxyl groups is 1. The summed E-state index contributed by atoms with van der Waals surface area (Å²) in [5.41, 5.74) is 7.32. The van der Waals surface area contributed by atoms with Crippen LogP contribution in [0.4, 0.5) is 10.5 Å². The molecular weight excluding hydrogens is 675 g/mol. The van der Waals surface area contributed by atoms with Gasteiger partial charge in [-0.3, -0.25) is 19.5 Å². The minimum atomic E-state index is -1.46. The summed E-state index contributed by atoms with van der Waals surface area (Å²) in [6.07, 6.45) is 5.52. The van der Waals surface area contributed by atoms with E-state index < -0.39 is 47.6 Å². The van der Waals surface area contributed by atoms with E-state index in [1.54, 1.807) is 29.1 Å². The lowest BCUT2D eigenvalue weighted by Gasteiger charge is -2.42. The lowest BCUT2D eigenvalue weighted by molar-refractivity contribution is -0.212. The zero-order chi connectivity index (χ0) is 38.5. The van der Waals surface area contributed by atoms with Gasteiger partial charge in [0.2, 0.25) is 0 Å². The molecule has 14 nitrogen and oxygen atoms in total. The maximum absolute atomic E-state index is 14.4. The number of fused-ring (bicyclic) bond motifs is 1. The second-order valence-electron chi connectivity index (χ2n) is 15.7. The van der Waals surface area contributed by atoms with E-state index in [0.29, 0.717) is 44.6 Å². The Kier molecular flexibility index (Phi) is 13.1. The minimum absolute atomic E-state index is 0.113. The van der Waals surface area contributed by atoms with E-state index in [2.05, 4.69) is 46.6 Å². The molecular formula is C38H59BN8O6. The summed E-state index contributed by atoms with van der Waals surface area (Å²) in [6.45, 7) is 13.8. The number of aromatic amines is 1. The number of benzene rings is 1. The van der Waals surface area contributed by atoms with Crippen LogP contribution >= 0.6 is 0 Å². The highest BCUT2D eigenvalue weighted by molar-refractivity contribution is 6.14. The second-order valence-corrected chi connectivity index (χ2v) is 15.7. The van der Waals surface area contributed by atoms with Gasteiger partial charge < -0.3 is 30.4 Å². The molecule has 2 aliphatic heterocycles. The number of aryl methyl sites for hydroxylation is 1. The molecule has 0 spiro atoms. The second kappa shape index (κ2) is 17.1. The van der Waals surface area contributed by atoms with Gasteiger partial charge in [0.05, 0.1) is 30.0 Å². The summed E-state index contributed by atoms with van der Waals surface area (Å²) in [5, 5.41) is 31.1. The molecule has 2 aromatic heterocycles. The Bertz CT molecular complexity index is 1660. The largest absolute Gasteiger partial charge is 0.438 e. The van der Waals surface area contributed by atoms with Gasteiger partial charge in [-0.25, -0.2) is 4.79 Å². The number of hydrogen-bond acceptors (Lipinski definition) is 11. The Labute approximate surface area is 314 Å². The molecule has 0 aliphatic carbocycles. The summed E-state index contributed by atoms with van der Waals surface area (Å²) >= 11 is 0. The van der Waals surface area contributed by atoms with E-state index in [-0.39, 0.29) is 30.0 Å². The van der Waals surface area contributed by atoms with Crippen molar-refractivity contribution in [3.63, 3.8) is 0 Å². The predicted molar refractivity (Wildman–Crippen MR) is 205 cm³/mol. The Morgan fingerprint density at radius 3 is 2.60 bits per heavy atom. The van der Waals surface area contributed by atoms with Gasteiger partial charge in [0.1, 0.15) is 25.4 Å². The minimum Gasteiger partial charge on any atom is -0.438 e. The van der Waals surface area contributed by atoms with Crippen molar-refractivity contribution in [1.82, 2.24) is 35.4 Å². The normalized spacial score (nSPS) is 33.2. The number of nitrogens with zero attached hydrogens (tertiary/aromatic N) is 5. The molecule has 5 N–H and O–H groups in total. The van der Waals surface area contributed by atoms with Crippen LogP contribution in [0.2, 0.25) is 5.82 Å². The summed E-state index contributed by atoms with van der Waals surface area (Å²) in [5.74, 6) is -1.41. The lowest BCUT2D eigenvalue weighted by Crippen LogP contribution is -2.61. The molecule has 53 heavy (non-hydrogen) atoms. The van der Waals surface area contributed by atoms with Gasteiger partial charge >= 0.3 is 6.09 Å². The highest BCUT2D eigenvalue weighted by Crippen LogP contribution is 2.41. The van der Waals surface area contributed by atoms with E-state index >= 15 is 0 Å². The molecule has 2 fully saturated rings. The van der Waals surface area contributed by atoms with Crippen molar-refractivity contribution in [2.45, 2.75) is 122 Å². The molecule has 4 heterocycles. The smallest absolute Gasteiger partial charge is 0.410 e. The Morgan fingerprint density at radius 1 is 1.17 bits per heavy atom. The van der Waals surface area contributed by atoms with Crippen LogP contribution in [-0.2, 0) is 32.0 Å². The molecule has 15 heteroatoms. The first-order valence-electron chi connectivity index (χ1n) is 19.1. The van der Waals surface area contributed by atoms with Crippen molar-refractivity contribution in [1.29, 1.82) is 0 Å². The number of nitrogens with two attached hydrogens (primary N) is 1. The number of aliphatic hydroxyl groups excluding tert-OH is 1. The number of methoxy groups -OCH3 is 1. The van der Waals surface area contributed by atoms with Gasteiger partial charge in [-0.1, -0.05) is 38.1 Å². The standard InChI is InChI=1S/C38H59BN8O6/c1-8-31-38(6)34(47(36(50)53-38)15-10-9-14-46-22-30(44-45-46)27-12-11-13-28(40)17-27)25(4)41-19-23(2)18-37(5,51-7)33(39)24(3)32(48)29(35(49)52-31)16-26-20-42-43-21-26/h11-13,17,20-25,29,31,33-35,41,49H,8-10,14-16,18-19,39-40H2,1-7H3,(H,42,43)/t23-,24+,25-,29-,31-,33-,34-,35?,37-,38-/m1/s1. The number of anilines is 1. The first-order valence-corrected chi connectivity index (χ1v) is 19.1.